The number of hydrogen-bond acceptors (Lipinski definition) is 4. The molecule has 0 aliphatic rings. The van der Waals surface area contributed by atoms with E-state index in [1.165, 1.54) is 0 Å². The topological polar surface area (TPSA) is 77.2 Å². The summed E-state index contributed by atoms with van der Waals surface area (Å²) < 4.78 is 5.07. The molecule has 1 heterocycles. The standard InChI is InChI=1S/C12H19N3O2/c1-9(17-2)3-6-12(16)15-11-5-4-10(7-13)8-14-11/h4-5,8-9H,3,6-7,13H2,1-2H3,(H,14,15,16). The van der Waals surface area contributed by atoms with Crippen molar-refractivity contribution < 1.29 is 9.53 Å². The van der Waals surface area contributed by atoms with Gasteiger partial charge in [0, 0.05) is 26.3 Å². The van der Waals surface area contributed by atoms with Gasteiger partial charge in [-0.3, -0.25) is 4.79 Å². The van der Waals surface area contributed by atoms with Gasteiger partial charge >= 0.3 is 0 Å². The van der Waals surface area contributed by atoms with E-state index in [-0.39, 0.29) is 12.0 Å². The van der Waals surface area contributed by atoms with Gasteiger partial charge in [0.05, 0.1) is 6.10 Å². The predicted molar refractivity (Wildman–Crippen MR) is 66.5 cm³/mol. The summed E-state index contributed by atoms with van der Waals surface area (Å²) >= 11 is 0. The van der Waals surface area contributed by atoms with Crippen LogP contribution in [0.3, 0.4) is 0 Å². The lowest BCUT2D eigenvalue weighted by atomic mass is 10.2. The maximum atomic E-state index is 11.6. The van der Waals surface area contributed by atoms with Crippen LogP contribution in [0.2, 0.25) is 0 Å². The summed E-state index contributed by atoms with van der Waals surface area (Å²) in [6, 6.07) is 3.60. The smallest absolute Gasteiger partial charge is 0.225 e. The number of ether oxygens (including phenoxy) is 1. The third-order valence-corrected chi connectivity index (χ3v) is 2.51. The molecule has 0 saturated heterocycles. The molecule has 0 aromatic carbocycles. The van der Waals surface area contributed by atoms with Crippen molar-refractivity contribution in [1.82, 2.24) is 4.98 Å². The monoisotopic (exact) mass is 237 g/mol. The number of pyridine rings is 1. The lowest BCUT2D eigenvalue weighted by Gasteiger charge is -2.09. The molecule has 1 aromatic heterocycles. The van der Waals surface area contributed by atoms with Crippen LogP contribution in [0, 0.1) is 0 Å². The Balaban J connectivity index is 2.39. The zero-order chi connectivity index (χ0) is 12.7. The first-order valence-corrected chi connectivity index (χ1v) is 5.63. The molecule has 0 fully saturated rings. The zero-order valence-electron chi connectivity index (χ0n) is 10.3. The van der Waals surface area contributed by atoms with E-state index in [9.17, 15) is 4.79 Å². The number of nitrogens with zero attached hydrogens (tertiary/aromatic N) is 1. The van der Waals surface area contributed by atoms with Crippen LogP contribution in [-0.2, 0) is 16.1 Å². The van der Waals surface area contributed by atoms with Gasteiger partial charge in [-0.05, 0) is 25.0 Å². The van der Waals surface area contributed by atoms with Crippen molar-refractivity contribution in [3.05, 3.63) is 23.9 Å². The maximum absolute atomic E-state index is 11.6. The predicted octanol–water partition coefficient (Wildman–Crippen LogP) is 1.29. The average molecular weight is 237 g/mol. The van der Waals surface area contributed by atoms with Crippen molar-refractivity contribution in [2.45, 2.75) is 32.4 Å². The Labute approximate surface area is 101 Å². The van der Waals surface area contributed by atoms with E-state index < -0.39 is 0 Å². The van der Waals surface area contributed by atoms with Crippen LogP contribution in [0.1, 0.15) is 25.3 Å². The van der Waals surface area contributed by atoms with Gasteiger partial charge in [-0.25, -0.2) is 4.98 Å². The van der Waals surface area contributed by atoms with Crippen molar-refractivity contribution in [1.29, 1.82) is 0 Å². The molecular formula is C12H19N3O2. The van der Waals surface area contributed by atoms with Gasteiger partial charge in [0.1, 0.15) is 5.82 Å². The minimum Gasteiger partial charge on any atom is -0.382 e. The third kappa shape index (κ3) is 4.93. The van der Waals surface area contributed by atoms with Crippen LogP contribution in [0.5, 0.6) is 0 Å². The molecule has 3 N–H and O–H groups in total. The number of nitrogens with one attached hydrogen (secondary N) is 1. The maximum Gasteiger partial charge on any atom is 0.225 e. The van der Waals surface area contributed by atoms with E-state index >= 15 is 0 Å². The Morgan fingerprint density at radius 1 is 1.59 bits per heavy atom. The molecule has 0 radical (unpaired) electrons. The molecule has 0 spiro atoms. The second-order valence-electron chi connectivity index (χ2n) is 3.89. The molecule has 5 heteroatoms. The van der Waals surface area contributed by atoms with E-state index in [1.807, 2.05) is 13.0 Å². The summed E-state index contributed by atoms with van der Waals surface area (Å²) in [5.41, 5.74) is 6.40. The number of carbonyl (C=O) groups is 1. The number of aromatic nitrogens is 1. The number of nitrogens with two attached hydrogens (primary N) is 1. The minimum atomic E-state index is -0.0538. The molecule has 0 aliphatic carbocycles. The summed E-state index contributed by atoms with van der Waals surface area (Å²) in [5, 5.41) is 2.73. The highest BCUT2D eigenvalue weighted by molar-refractivity contribution is 5.89. The van der Waals surface area contributed by atoms with Crippen molar-refractivity contribution in [2.24, 2.45) is 5.73 Å². The Morgan fingerprint density at radius 2 is 2.35 bits per heavy atom. The van der Waals surface area contributed by atoms with Crippen molar-refractivity contribution in [2.75, 3.05) is 12.4 Å². The van der Waals surface area contributed by atoms with Crippen LogP contribution in [0.15, 0.2) is 18.3 Å². The van der Waals surface area contributed by atoms with Gasteiger partial charge in [0.2, 0.25) is 5.91 Å². The fourth-order valence-corrected chi connectivity index (χ4v) is 1.28. The van der Waals surface area contributed by atoms with Crippen LogP contribution in [-0.4, -0.2) is 24.1 Å². The molecular weight excluding hydrogens is 218 g/mol. The highest BCUT2D eigenvalue weighted by Gasteiger charge is 2.06. The average Bonchev–Trinajstić information content (AvgIpc) is 2.36. The van der Waals surface area contributed by atoms with Gasteiger partial charge in [-0.1, -0.05) is 6.07 Å². The SMILES string of the molecule is COC(C)CCC(=O)Nc1ccc(CN)cn1. The molecule has 1 rings (SSSR count). The Hall–Kier alpha value is -1.46. The van der Waals surface area contributed by atoms with Crippen molar-refractivity contribution in [3.63, 3.8) is 0 Å². The lowest BCUT2D eigenvalue weighted by molar-refractivity contribution is -0.116. The first-order valence-electron chi connectivity index (χ1n) is 5.63. The molecule has 94 valence electrons. The van der Waals surface area contributed by atoms with E-state index in [0.717, 1.165) is 5.56 Å². The first kappa shape index (κ1) is 13.6. The Kier molecular flexibility index (Phi) is 5.59. The van der Waals surface area contributed by atoms with Crippen molar-refractivity contribution >= 4 is 11.7 Å². The van der Waals surface area contributed by atoms with E-state index in [0.29, 0.717) is 25.2 Å². The number of amides is 1. The summed E-state index contributed by atoms with van der Waals surface area (Å²) in [4.78, 5) is 15.6. The van der Waals surface area contributed by atoms with E-state index in [2.05, 4.69) is 10.3 Å². The molecule has 17 heavy (non-hydrogen) atoms. The largest absolute Gasteiger partial charge is 0.382 e. The normalized spacial score (nSPS) is 12.2. The molecule has 1 atom stereocenters. The van der Waals surface area contributed by atoms with Gasteiger partial charge in [-0.15, -0.1) is 0 Å². The second-order valence-corrected chi connectivity index (χ2v) is 3.89. The van der Waals surface area contributed by atoms with Gasteiger partial charge < -0.3 is 15.8 Å². The van der Waals surface area contributed by atoms with Crippen LogP contribution in [0.4, 0.5) is 5.82 Å². The van der Waals surface area contributed by atoms with Gasteiger partial charge in [-0.2, -0.15) is 0 Å². The third-order valence-electron chi connectivity index (χ3n) is 2.51. The molecule has 0 aliphatic heterocycles. The first-order chi connectivity index (χ1) is 8.15. The summed E-state index contributed by atoms with van der Waals surface area (Å²) in [6.07, 6.45) is 2.87. The highest BCUT2D eigenvalue weighted by atomic mass is 16.5. The quantitative estimate of drug-likeness (QED) is 0.781. The minimum absolute atomic E-state index is 0.0538. The molecule has 0 bridgehead atoms. The number of anilines is 1. The number of carbonyl (C=O) groups excluding carboxylic acids is 1. The van der Waals surface area contributed by atoms with Crippen LogP contribution in [0.25, 0.3) is 0 Å². The number of hydrogen-bond donors (Lipinski definition) is 2. The number of rotatable bonds is 6. The zero-order valence-corrected chi connectivity index (χ0v) is 10.3. The summed E-state index contributed by atoms with van der Waals surface area (Å²) in [6.45, 7) is 2.38. The van der Waals surface area contributed by atoms with Gasteiger partial charge in [0.15, 0.2) is 0 Å². The summed E-state index contributed by atoms with van der Waals surface area (Å²) in [5.74, 6) is 0.499. The van der Waals surface area contributed by atoms with E-state index in [1.54, 1.807) is 19.4 Å². The Morgan fingerprint density at radius 3 is 2.88 bits per heavy atom. The highest BCUT2D eigenvalue weighted by Crippen LogP contribution is 2.06. The molecule has 5 nitrogen and oxygen atoms in total. The molecule has 1 unspecified atom stereocenters. The molecule has 1 amide bonds. The van der Waals surface area contributed by atoms with Crippen LogP contribution >= 0.6 is 0 Å². The second kappa shape index (κ2) is 6.98. The Bertz CT molecular complexity index is 351. The fraction of sp³-hybridized carbons (Fsp3) is 0.500. The molecule has 1 aromatic rings. The van der Waals surface area contributed by atoms with E-state index in [4.69, 9.17) is 10.5 Å². The van der Waals surface area contributed by atoms with Crippen LogP contribution < -0.4 is 11.1 Å². The number of methoxy groups -OCH3 is 1. The molecule has 0 saturated carbocycles. The fourth-order valence-electron chi connectivity index (χ4n) is 1.28. The van der Waals surface area contributed by atoms with Gasteiger partial charge in [0.25, 0.3) is 0 Å². The van der Waals surface area contributed by atoms with Crippen molar-refractivity contribution in [3.8, 4) is 0 Å². The summed E-state index contributed by atoms with van der Waals surface area (Å²) in [7, 11) is 1.63. The lowest BCUT2D eigenvalue weighted by Crippen LogP contribution is -2.15.